The molecule has 0 radical (unpaired) electrons. The van der Waals surface area contributed by atoms with E-state index in [9.17, 15) is 9.90 Å². The van der Waals surface area contributed by atoms with Crippen molar-refractivity contribution in [1.29, 1.82) is 0 Å². The predicted molar refractivity (Wildman–Crippen MR) is 58.4 cm³/mol. The van der Waals surface area contributed by atoms with Crippen molar-refractivity contribution in [2.24, 2.45) is 5.92 Å². The number of aliphatic hydroxyl groups excluding tert-OH is 1. The van der Waals surface area contributed by atoms with Gasteiger partial charge in [0, 0.05) is 12.3 Å². The monoisotopic (exact) mass is 214 g/mol. The molecule has 0 bridgehead atoms. The van der Waals surface area contributed by atoms with Gasteiger partial charge in [0.15, 0.2) is 0 Å². The van der Waals surface area contributed by atoms with E-state index < -0.39 is 5.60 Å². The van der Waals surface area contributed by atoms with Gasteiger partial charge in [-0.2, -0.15) is 0 Å². The number of rotatable bonds is 4. The third kappa shape index (κ3) is 2.94. The minimum atomic E-state index is -0.454. The Morgan fingerprint density at radius 1 is 1.60 bits per heavy atom. The third-order valence-electron chi connectivity index (χ3n) is 3.56. The number of hydrogen-bond donors (Lipinski definition) is 1. The van der Waals surface area contributed by atoms with Crippen LogP contribution in [0, 0.1) is 5.92 Å². The Bertz CT molecular complexity index is 227. The summed E-state index contributed by atoms with van der Waals surface area (Å²) in [5, 5.41) is 9.63. The molecule has 0 heterocycles. The first kappa shape index (κ1) is 12.5. The van der Waals surface area contributed by atoms with Gasteiger partial charge < -0.3 is 9.84 Å². The summed E-state index contributed by atoms with van der Waals surface area (Å²) in [5.41, 5.74) is -0.454. The van der Waals surface area contributed by atoms with Crippen molar-refractivity contribution in [3.05, 3.63) is 0 Å². The lowest BCUT2D eigenvalue weighted by Crippen LogP contribution is -2.37. The smallest absolute Gasteiger partial charge is 0.306 e. The largest absolute Gasteiger partial charge is 0.459 e. The molecule has 1 aliphatic rings. The van der Waals surface area contributed by atoms with Gasteiger partial charge >= 0.3 is 5.97 Å². The van der Waals surface area contributed by atoms with E-state index in [4.69, 9.17) is 4.74 Å². The quantitative estimate of drug-likeness (QED) is 0.730. The van der Waals surface area contributed by atoms with Gasteiger partial charge in [0.1, 0.15) is 5.60 Å². The van der Waals surface area contributed by atoms with Crippen molar-refractivity contribution < 1.29 is 14.6 Å². The van der Waals surface area contributed by atoms with Crippen molar-refractivity contribution in [2.45, 2.75) is 64.6 Å². The van der Waals surface area contributed by atoms with Crippen LogP contribution in [-0.4, -0.2) is 22.8 Å². The molecular formula is C12H22O3. The van der Waals surface area contributed by atoms with Crippen LogP contribution in [0.5, 0.6) is 0 Å². The molecule has 0 amide bonds. The summed E-state index contributed by atoms with van der Waals surface area (Å²) >= 11 is 0. The van der Waals surface area contributed by atoms with Crippen LogP contribution in [0.3, 0.4) is 0 Å². The standard InChI is InChI=1S/C12H22O3/c1-4-5-6-11(14)15-12(3)8-7-10(13)9(12)2/h9-10,13H,4-8H2,1-3H3. The summed E-state index contributed by atoms with van der Waals surface area (Å²) in [7, 11) is 0. The first-order chi connectivity index (χ1) is 6.99. The molecule has 0 spiro atoms. The molecule has 0 aromatic heterocycles. The number of ether oxygens (including phenoxy) is 1. The fourth-order valence-electron chi connectivity index (χ4n) is 2.10. The summed E-state index contributed by atoms with van der Waals surface area (Å²) in [4.78, 5) is 11.5. The van der Waals surface area contributed by atoms with Crippen molar-refractivity contribution in [3.63, 3.8) is 0 Å². The minimum absolute atomic E-state index is 0.0445. The van der Waals surface area contributed by atoms with Gasteiger partial charge in [-0.1, -0.05) is 20.3 Å². The van der Waals surface area contributed by atoms with Crippen LogP contribution in [0.1, 0.15) is 52.9 Å². The van der Waals surface area contributed by atoms with Crippen LogP contribution in [-0.2, 0) is 9.53 Å². The van der Waals surface area contributed by atoms with E-state index in [2.05, 4.69) is 6.92 Å². The molecule has 0 aromatic rings. The molecule has 1 saturated carbocycles. The topological polar surface area (TPSA) is 46.5 Å². The Labute approximate surface area is 91.8 Å². The number of carbonyl (C=O) groups excluding carboxylic acids is 1. The molecule has 15 heavy (non-hydrogen) atoms. The Morgan fingerprint density at radius 2 is 2.27 bits per heavy atom. The molecule has 3 heteroatoms. The molecular weight excluding hydrogens is 192 g/mol. The van der Waals surface area contributed by atoms with E-state index in [0.29, 0.717) is 6.42 Å². The first-order valence-corrected chi connectivity index (χ1v) is 5.89. The van der Waals surface area contributed by atoms with Gasteiger partial charge in [-0.3, -0.25) is 4.79 Å². The van der Waals surface area contributed by atoms with Crippen LogP contribution in [0.4, 0.5) is 0 Å². The Hall–Kier alpha value is -0.570. The molecule has 1 fully saturated rings. The van der Waals surface area contributed by atoms with Gasteiger partial charge in [-0.15, -0.1) is 0 Å². The molecule has 1 rings (SSSR count). The summed E-state index contributed by atoms with van der Waals surface area (Å²) in [6, 6.07) is 0. The van der Waals surface area contributed by atoms with E-state index in [1.54, 1.807) is 0 Å². The van der Waals surface area contributed by atoms with E-state index in [1.165, 1.54) is 0 Å². The van der Waals surface area contributed by atoms with E-state index >= 15 is 0 Å². The van der Waals surface area contributed by atoms with Gasteiger partial charge in [0.05, 0.1) is 6.10 Å². The normalized spacial score (nSPS) is 35.5. The Morgan fingerprint density at radius 3 is 2.73 bits per heavy atom. The molecule has 3 nitrogen and oxygen atoms in total. The predicted octanol–water partition coefficient (Wildman–Crippen LogP) is 2.27. The van der Waals surface area contributed by atoms with Crippen molar-refractivity contribution >= 4 is 5.97 Å². The van der Waals surface area contributed by atoms with Crippen LogP contribution in [0.2, 0.25) is 0 Å². The van der Waals surface area contributed by atoms with Crippen LogP contribution in [0.15, 0.2) is 0 Å². The van der Waals surface area contributed by atoms with Gasteiger partial charge in [-0.25, -0.2) is 0 Å². The fraction of sp³-hybridized carbons (Fsp3) is 0.917. The zero-order chi connectivity index (χ0) is 11.5. The highest BCUT2D eigenvalue weighted by atomic mass is 16.6. The van der Waals surface area contributed by atoms with Crippen LogP contribution >= 0.6 is 0 Å². The zero-order valence-corrected chi connectivity index (χ0v) is 9.95. The SMILES string of the molecule is CCCCC(=O)OC1(C)CCC(O)C1C. The highest BCUT2D eigenvalue weighted by Gasteiger charge is 2.44. The van der Waals surface area contributed by atoms with Crippen molar-refractivity contribution in [3.8, 4) is 0 Å². The lowest BCUT2D eigenvalue weighted by Gasteiger charge is -2.30. The molecule has 1 aliphatic carbocycles. The van der Waals surface area contributed by atoms with Gasteiger partial charge in [0.2, 0.25) is 0 Å². The average molecular weight is 214 g/mol. The lowest BCUT2D eigenvalue weighted by molar-refractivity contribution is -0.162. The maximum atomic E-state index is 11.5. The molecule has 0 aromatic carbocycles. The molecule has 0 aliphatic heterocycles. The molecule has 88 valence electrons. The average Bonchev–Trinajstić information content (AvgIpc) is 2.43. The van der Waals surface area contributed by atoms with Crippen LogP contribution < -0.4 is 0 Å². The highest BCUT2D eigenvalue weighted by Crippen LogP contribution is 2.38. The summed E-state index contributed by atoms with van der Waals surface area (Å²) < 4.78 is 5.48. The van der Waals surface area contributed by atoms with E-state index in [1.807, 2.05) is 13.8 Å². The maximum absolute atomic E-state index is 11.5. The first-order valence-electron chi connectivity index (χ1n) is 5.89. The Balaban J connectivity index is 2.46. The fourth-order valence-corrected chi connectivity index (χ4v) is 2.10. The minimum Gasteiger partial charge on any atom is -0.459 e. The summed E-state index contributed by atoms with van der Waals surface area (Å²) in [5.74, 6) is -0.0802. The summed E-state index contributed by atoms with van der Waals surface area (Å²) in [6.45, 7) is 5.93. The van der Waals surface area contributed by atoms with Gasteiger partial charge in [0.25, 0.3) is 0 Å². The second kappa shape index (κ2) is 4.97. The molecule has 3 unspecified atom stereocenters. The van der Waals surface area contributed by atoms with Crippen LogP contribution in [0.25, 0.3) is 0 Å². The lowest BCUT2D eigenvalue weighted by atomic mass is 9.93. The summed E-state index contributed by atoms with van der Waals surface area (Å²) in [6.07, 6.45) is 3.56. The second-order valence-electron chi connectivity index (χ2n) is 4.78. The molecule has 0 saturated heterocycles. The number of aliphatic hydroxyl groups is 1. The number of unbranched alkanes of at least 4 members (excludes halogenated alkanes) is 1. The number of esters is 1. The maximum Gasteiger partial charge on any atom is 0.306 e. The number of carbonyl (C=O) groups is 1. The van der Waals surface area contributed by atoms with E-state index in [-0.39, 0.29) is 18.0 Å². The molecule has 1 N–H and O–H groups in total. The van der Waals surface area contributed by atoms with E-state index in [0.717, 1.165) is 25.7 Å². The Kier molecular flexibility index (Phi) is 4.14. The second-order valence-corrected chi connectivity index (χ2v) is 4.78. The highest BCUT2D eigenvalue weighted by molar-refractivity contribution is 5.69. The number of hydrogen-bond acceptors (Lipinski definition) is 3. The van der Waals surface area contributed by atoms with Gasteiger partial charge in [-0.05, 0) is 26.2 Å². The van der Waals surface area contributed by atoms with Crippen molar-refractivity contribution in [2.75, 3.05) is 0 Å². The molecule has 3 atom stereocenters. The zero-order valence-electron chi connectivity index (χ0n) is 9.95. The third-order valence-corrected chi connectivity index (χ3v) is 3.56. The van der Waals surface area contributed by atoms with Crippen molar-refractivity contribution in [1.82, 2.24) is 0 Å².